The molecule has 16 heavy (non-hydrogen) atoms. The normalized spacial score (nSPS) is 17.9. The van der Waals surface area contributed by atoms with Gasteiger partial charge in [0.25, 0.3) is 0 Å². The molecule has 0 fully saturated rings. The number of ether oxygens (including phenoxy) is 2. The van der Waals surface area contributed by atoms with Gasteiger partial charge < -0.3 is 14.8 Å². The number of halogens is 1. The lowest BCUT2D eigenvalue weighted by atomic mass is 10.2. The zero-order chi connectivity index (χ0) is 11.4. The van der Waals surface area contributed by atoms with Gasteiger partial charge >= 0.3 is 0 Å². The molecule has 1 heterocycles. The average Bonchev–Trinajstić information content (AvgIpc) is 2.35. The molecule has 1 N–H and O–H groups in total. The van der Waals surface area contributed by atoms with Gasteiger partial charge in [-0.25, -0.2) is 0 Å². The zero-order valence-electron chi connectivity index (χ0n) is 8.61. The summed E-state index contributed by atoms with van der Waals surface area (Å²) in [4.78, 5) is 11.0. The molecule has 1 amide bonds. The molecule has 1 aliphatic rings. The minimum Gasteiger partial charge on any atom is -0.486 e. The summed E-state index contributed by atoms with van der Waals surface area (Å²) in [5.74, 6) is 1.20. The third-order valence-electron chi connectivity index (χ3n) is 2.22. The molecule has 0 aliphatic carbocycles. The predicted molar refractivity (Wildman–Crippen MR) is 60.1 cm³/mol. The van der Waals surface area contributed by atoms with Crippen LogP contribution in [0.15, 0.2) is 24.3 Å². The van der Waals surface area contributed by atoms with Crippen LogP contribution in [0.2, 0.25) is 0 Å². The van der Waals surface area contributed by atoms with Crippen LogP contribution in [0, 0.1) is 0 Å². The molecule has 1 atom stereocenters. The fraction of sp³-hybridized carbons (Fsp3) is 0.364. The van der Waals surface area contributed by atoms with Gasteiger partial charge in [0.15, 0.2) is 11.5 Å². The summed E-state index contributed by atoms with van der Waals surface area (Å²) >= 11 is 5.37. The number of alkyl halides is 1. The number of benzene rings is 1. The molecule has 0 saturated carbocycles. The first kappa shape index (κ1) is 11.1. The van der Waals surface area contributed by atoms with Gasteiger partial charge in [0.1, 0.15) is 18.6 Å². The van der Waals surface area contributed by atoms with E-state index in [0.29, 0.717) is 18.9 Å². The number of amides is 1. The van der Waals surface area contributed by atoms with Crippen LogP contribution in [-0.2, 0) is 4.79 Å². The van der Waals surface area contributed by atoms with E-state index in [1.165, 1.54) is 0 Å². The van der Waals surface area contributed by atoms with Gasteiger partial charge in [-0.05, 0) is 12.1 Å². The van der Waals surface area contributed by atoms with E-state index in [4.69, 9.17) is 21.1 Å². The highest BCUT2D eigenvalue weighted by Crippen LogP contribution is 2.30. The second-order valence-corrected chi connectivity index (χ2v) is 3.70. The highest BCUT2D eigenvalue weighted by molar-refractivity contribution is 6.27. The first-order valence-electron chi connectivity index (χ1n) is 5.00. The van der Waals surface area contributed by atoms with Crippen molar-refractivity contribution in [2.24, 2.45) is 0 Å². The standard InChI is InChI=1S/C11H12ClNO3/c12-5-11(14)13-6-8-7-15-9-3-1-2-4-10(9)16-8/h1-4,8H,5-7H2,(H,13,14)/t8-/m1/s1. The van der Waals surface area contributed by atoms with Gasteiger partial charge in [0, 0.05) is 0 Å². The SMILES string of the molecule is O=C(CCl)NC[C@@H]1COc2ccccc2O1. The molecule has 0 bridgehead atoms. The van der Waals surface area contributed by atoms with Gasteiger partial charge in [-0.1, -0.05) is 12.1 Å². The molecule has 0 aromatic heterocycles. The van der Waals surface area contributed by atoms with Crippen LogP contribution in [0.4, 0.5) is 0 Å². The monoisotopic (exact) mass is 241 g/mol. The molecule has 4 nitrogen and oxygen atoms in total. The van der Waals surface area contributed by atoms with E-state index >= 15 is 0 Å². The Kier molecular flexibility index (Phi) is 3.51. The summed E-state index contributed by atoms with van der Waals surface area (Å²) in [6.07, 6.45) is -0.165. The van der Waals surface area contributed by atoms with Crippen molar-refractivity contribution in [3.63, 3.8) is 0 Å². The maximum absolute atomic E-state index is 11.0. The smallest absolute Gasteiger partial charge is 0.235 e. The van der Waals surface area contributed by atoms with Crippen LogP contribution in [0.5, 0.6) is 11.5 Å². The summed E-state index contributed by atoms with van der Waals surface area (Å²) in [5.41, 5.74) is 0. The Labute approximate surface area is 98.5 Å². The van der Waals surface area contributed by atoms with Crippen molar-refractivity contribution in [1.82, 2.24) is 5.32 Å². The second-order valence-electron chi connectivity index (χ2n) is 3.44. The first-order valence-corrected chi connectivity index (χ1v) is 5.54. The lowest BCUT2D eigenvalue weighted by Crippen LogP contribution is -2.41. The van der Waals surface area contributed by atoms with Crippen molar-refractivity contribution >= 4 is 17.5 Å². The molecule has 2 rings (SSSR count). The summed E-state index contributed by atoms with van der Waals surface area (Å²) < 4.78 is 11.1. The molecule has 86 valence electrons. The fourth-order valence-corrected chi connectivity index (χ4v) is 1.53. The van der Waals surface area contributed by atoms with Gasteiger partial charge in [-0.3, -0.25) is 4.79 Å². The van der Waals surface area contributed by atoms with Crippen LogP contribution >= 0.6 is 11.6 Å². The van der Waals surface area contributed by atoms with Crippen LogP contribution in [0.1, 0.15) is 0 Å². The highest BCUT2D eigenvalue weighted by Gasteiger charge is 2.20. The van der Waals surface area contributed by atoms with Crippen molar-refractivity contribution in [2.45, 2.75) is 6.10 Å². The number of fused-ring (bicyclic) bond motifs is 1. The number of rotatable bonds is 3. The minimum absolute atomic E-state index is 0.0375. The Bertz CT molecular complexity index is 383. The fourth-order valence-electron chi connectivity index (χ4n) is 1.44. The number of carbonyl (C=O) groups is 1. The molecule has 0 radical (unpaired) electrons. The Morgan fingerprint density at radius 2 is 2.19 bits per heavy atom. The van der Waals surface area contributed by atoms with Crippen molar-refractivity contribution in [2.75, 3.05) is 19.0 Å². The van der Waals surface area contributed by atoms with Crippen LogP contribution in [0.3, 0.4) is 0 Å². The van der Waals surface area contributed by atoms with E-state index in [1.807, 2.05) is 24.3 Å². The third kappa shape index (κ3) is 2.58. The molecule has 1 aliphatic heterocycles. The molecule has 1 aromatic carbocycles. The van der Waals surface area contributed by atoms with Gasteiger partial charge in [0.2, 0.25) is 5.91 Å². The number of carbonyl (C=O) groups excluding carboxylic acids is 1. The number of para-hydroxylation sites is 2. The molecular formula is C11H12ClNO3. The number of nitrogens with one attached hydrogen (secondary N) is 1. The highest BCUT2D eigenvalue weighted by atomic mass is 35.5. The lowest BCUT2D eigenvalue weighted by Gasteiger charge is -2.26. The topological polar surface area (TPSA) is 47.6 Å². The van der Waals surface area contributed by atoms with Crippen molar-refractivity contribution < 1.29 is 14.3 Å². The largest absolute Gasteiger partial charge is 0.486 e. The quantitative estimate of drug-likeness (QED) is 0.809. The average molecular weight is 242 g/mol. The van der Waals surface area contributed by atoms with E-state index in [1.54, 1.807) is 0 Å². The Morgan fingerprint density at radius 3 is 2.94 bits per heavy atom. The predicted octanol–water partition coefficient (Wildman–Crippen LogP) is 1.18. The van der Waals surface area contributed by atoms with Gasteiger partial charge in [0.05, 0.1) is 6.54 Å². The molecule has 0 spiro atoms. The summed E-state index contributed by atoms with van der Waals surface area (Å²) in [6.45, 7) is 0.833. The van der Waals surface area contributed by atoms with Crippen LogP contribution < -0.4 is 14.8 Å². The lowest BCUT2D eigenvalue weighted by molar-refractivity contribution is -0.119. The van der Waals surface area contributed by atoms with Gasteiger partial charge in [-0.2, -0.15) is 0 Å². The van der Waals surface area contributed by atoms with E-state index in [-0.39, 0.29) is 17.9 Å². The minimum atomic E-state index is -0.205. The van der Waals surface area contributed by atoms with E-state index in [9.17, 15) is 4.79 Å². The van der Waals surface area contributed by atoms with Gasteiger partial charge in [-0.15, -0.1) is 11.6 Å². The van der Waals surface area contributed by atoms with Crippen molar-refractivity contribution in [3.05, 3.63) is 24.3 Å². The van der Waals surface area contributed by atoms with Crippen molar-refractivity contribution in [3.8, 4) is 11.5 Å². The maximum atomic E-state index is 11.0. The summed E-state index contributed by atoms with van der Waals surface area (Å²) in [6, 6.07) is 7.45. The summed E-state index contributed by atoms with van der Waals surface area (Å²) in [7, 11) is 0. The molecular weight excluding hydrogens is 230 g/mol. The Morgan fingerprint density at radius 1 is 1.44 bits per heavy atom. The molecule has 0 unspecified atom stereocenters. The number of hydrogen-bond donors (Lipinski definition) is 1. The van der Waals surface area contributed by atoms with Crippen LogP contribution in [0.25, 0.3) is 0 Å². The zero-order valence-corrected chi connectivity index (χ0v) is 9.37. The van der Waals surface area contributed by atoms with E-state index < -0.39 is 0 Å². The molecule has 1 aromatic rings. The van der Waals surface area contributed by atoms with E-state index in [2.05, 4.69) is 5.32 Å². The maximum Gasteiger partial charge on any atom is 0.235 e. The first-order chi connectivity index (χ1) is 7.79. The second kappa shape index (κ2) is 5.07. The summed E-state index contributed by atoms with van der Waals surface area (Å²) in [5, 5.41) is 2.66. The van der Waals surface area contributed by atoms with E-state index in [0.717, 1.165) is 5.75 Å². The third-order valence-corrected chi connectivity index (χ3v) is 2.46. The molecule has 5 heteroatoms. The Hall–Kier alpha value is -1.42. The Balaban J connectivity index is 1.90. The van der Waals surface area contributed by atoms with Crippen molar-refractivity contribution in [1.29, 1.82) is 0 Å². The van der Waals surface area contributed by atoms with Crippen LogP contribution in [-0.4, -0.2) is 31.0 Å². The number of hydrogen-bond acceptors (Lipinski definition) is 3. The molecule has 0 saturated heterocycles.